The van der Waals surface area contributed by atoms with Gasteiger partial charge < -0.3 is 30.1 Å². The molecule has 0 aliphatic carbocycles. The number of anilines is 1. The molecule has 3 N–H and O–H groups in total. The first-order valence-corrected chi connectivity index (χ1v) is 15.6. The van der Waals surface area contributed by atoms with E-state index in [1.165, 1.54) is 28.7 Å². The van der Waals surface area contributed by atoms with Crippen LogP contribution in [0, 0.1) is 5.82 Å². The third kappa shape index (κ3) is 6.50. The number of benzene rings is 3. The monoisotopic (exact) mass is 601 g/mol. The van der Waals surface area contributed by atoms with Crippen molar-refractivity contribution in [1.82, 2.24) is 10.6 Å². The molecule has 8 nitrogen and oxygen atoms in total. The topological polar surface area (TPSA) is 100 Å². The van der Waals surface area contributed by atoms with Gasteiger partial charge in [-0.3, -0.25) is 9.59 Å². The molecule has 4 atom stereocenters. The molecule has 6 rings (SSSR count). The zero-order chi connectivity index (χ0) is 30.7. The maximum atomic E-state index is 14.7. The van der Waals surface area contributed by atoms with Gasteiger partial charge >= 0.3 is 0 Å². The number of halogens is 1. The fourth-order valence-corrected chi connectivity index (χ4v) is 6.52. The van der Waals surface area contributed by atoms with Crippen LogP contribution in [0.5, 0.6) is 5.75 Å². The molecule has 3 aliphatic heterocycles. The fraction of sp³-hybridized carbons (Fsp3) is 0.429. The van der Waals surface area contributed by atoms with Gasteiger partial charge in [0.25, 0.3) is 5.91 Å². The number of fused-ring (bicyclic) bond motifs is 1. The molecular formula is C35H40FN3O5. The number of hydrogen-bond donors (Lipinski definition) is 3. The van der Waals surface area contributed by atoms with Crippen molar-refractivity contribution in [1.29, 1.82) is 0 Å². The van der Waals surface area contributed by atoms with Gasteiger partial charge in [0.05, 0.1) is 31.0 Å². The second-order valence-electron chi connectivity index (χ2n) is 12.1. The van der Waals surface area contributed by atoms with E-state index >= 15 is 0 Å². The number of carbonyl (C=O) groups excluding carboxylic acids is 2. The van der Waals surface area contributed by atoms with Gasteiger partial charge in [-0.15, -0.1) is 0 Å². The van der Waals surface area contributed by atoms with E-state index in [9.17, 15) is 19.1 Å². The maximum Gasteiger partial charge on any atom is 0.251 e. The van der Waals surface area contributed by atoms with Crippen molar-refractivity contribution < 1.29 is 28.6 Å². The number of carbonyl (C=O) groups is 2. The molecule has 0 unspecified atom stereocenters. The van der Waals surface area contributed by atoms with Crippen LogP contribution in [-0.4, -0.2) is 61.0 Å². The molecule has 3 aromatic carbocycles. The molecule has 0 bridgehead atoms. The molecule has 3 aliphatic rings. The van der Waals surface area contributed by atoms with E-state index in [4.69, 9.17) is 9.47 Å². The zero-order valence-electron chi connectivity index (χ0n) is 25.1. The summed E-state index contributed by atoms with van der Waals surface area (Å²) in [6.07, 6.45) is 2.89. The van der Waals surface area contributed by atoms with Gasteiger partial charge in [-0.1, -0.05) is 49.4 Å². The highest BCUT2D eigenvalue weighted by atomic mass is 19.1. The Balaban J connectivity index is 1.21. The van der Waals surface area contributed by atoms with Gasteiger partial charge in [-0.2, -0.15) is 0 Å². The van der Waals surface area contributed by atoms with Gasteiger partial charge in [0.15, 0.2) is 0 Å². The predicted octanol–water partition coefficient (Wildman–Crippen LogP) is 4.49. The number of aliphatic hydroxyl groups excluding tert-OH is 1. The summed E-state index contributed by atoms with van der Waals surface area (Å²) >= 11 is 0. The average Bonchev–Trinajstić information content (AvgIpc) is 3.68. The first-order chi connectivity index (χ1) is 21.3. The highest BCUT2D eigenvalue weighted by Gasteiger charge is 2.44. The predicted molar refractivity (Wildman–Crippen MR) is 165 cm³/mol. The van der Waals surface area contributed by atoms with Crippen molar-refractivity contribution in [3.63, 3.8) is 0 Å². The lowest BCUT2D eigenvalue weighted by atomic mass is 9.85. The number of amides is 2. The highest BCUT2D eigenvalue weighted by Crippen LogP contribution is 2.43. The van der Waals surface area contributed by atoms with Gasteiger partial charge in [-0.05, 0) is 54.7 Å². The van der Waals surface area contributed by atoms with Crippen molar-refractivity contribution >= 4 is 17.5 Å². The molecule has 9 heteroatoms. The van der Waals surface area contributed by atoms with E-state index in [1.807, 2.05) is 36.4 Å². The van der Waals surface area contributed by atoms with Crippen LogP contribution in [0.1, 0.15) is 65.7 Å². The summed E-state index contributed by atoms with van der Waals surface area (Å²) in [5, 5.41) is 18.2. The Morgan fingerprint density at radius 3 is 2.70 bits per heavy atom. The first-order valence-electron chi connectivity index (χ1n) is 15.6. The molecule has 0 radical (unpaired) electrons. The number of nitrogens with one attached hydrogen (secondary N) is 2. The summed E-state index contributed by atoms with van der Waals surface area (Å²) in [5.41, 5.74) is 3.17. The minimum absolute atomic E-state index is 0.0627. The number of hydrogen-bond acceptors (Lipinski definition) is 6. The third-order valence-corrected chi connectivity index (χ3v) is 9.05. The molecule has 1 spiro atoms. The van der Waals surface area contributed by atoms with Crippen molar-refractivity contribution in [3.05, 3.63) is 94.8 Å². The number of ether oxygens (including phenoxy) is 2. The van der Waals surface area contributed by atoms with E-state index in [2.05, 4.69) is 29.7 Å². The van der Waals surface area contributed by atoms with Crippen molar-refractivity contribution in [2.45, 2.75) is 69.2 Å². The minimum atomic E-state index is -0.935. The Morgan fingerprint density at radius 1 is 1.14 bits per heavy atom. The quantitative estimate of drug-likeness (QED) is 0.317. The van der Waals surface area contributed by atoms with E-state index in [0.717, 1.165) is 29.7 Å². The van der Waals surface area contributed by atoms with Crippen LogP contribution in [0.3, 0.4) is 0 Å². The second-order valence-corrected chi connectivity index (χ2v) is 12.1. The molecular weight excluding hydrogens is 561 g/mol. The van der Waals surface area contributed by atoms with E-state index < -0.39 is 29.5 Å². The standard InChI is InChI=1S/C35H40FN3O5/c1-2-23-10-13-32-26(17-23)29(20-35(44-32)14-16-43-22-35)37-21-31(40)28(18-24-7-4-3-5-8-24)38-34(42)25-11-12-27(36)30(19-25)39-15-6-9-33(39)41/h3-5,7-8,10-13,17,19,28-29,31,37,40H,2,6,9,14-16,18,20-22H2,1H3,(H,38,42)/t28-,29-,31+,35-/m0/s1. The molecule has 0 aromatic heterocycles. The Morgan fingerprint density at radius 2 is 1.98 bits per heavy atom. The van der Waals surface area contributed by atoms with Crippen LogP contribution >= 0.6 is 0 Å². The van der Waals surface area contributed by atoms with Gasteiger partial charge in [0, 0.05) is 49.5 Å². The Kier molecular flexibility index (Phi) is 8.98. The number of rotatable bonds is 10. The minimum Gasteiger partial charge on any atom is -0.484 e. The second kappa shape index (κ2) is 13.1. The van der Waals surface area contributed by atoms with Crippen LogP contribution in [-0.2, 0) is 22.4 Å². The Hall–Kier alpha value is -3.79. The smallest absolute Gasteiger partial charge is 0.251 e. The van der Waals surface area contributed by atoms with Crippen molar-refractivity contribution in [2.75, 3.05) is 31.2 Å². The van der Waals surface area contributed by atoms with Crippen LogP contribution < -0.4 is 20.3 Å². The summed E-state index contributed by atoms with van der Waals surface area (Å²) in [6.45, 7) is 3.95. The van der Waals surface area contributed by atoms with Crippen LogP contribution in [0.25, 0.3) is 0 Å². The fourth-order valence-electron chi connectivity index (χ4n) is 6.52. The summed E-state index contributed by atoms with van der Waals surface area (Å²) in [5.74, 6) is -0.306. The van der Waals surface area contributed by atoms with Gasteiger partial charge in [-0.25, -0.2) is 4.39 Å². The summed E-state index contributed by atoms with van der Waals surface area (Å²) < 4.78 is 26.9. The Labute approximate surface area is 257 Å². The molecule has 3 heterocycles. The normalized spacial score (nSPS) is 22.5. The Bertz CT molecular complexity index is 1490. The number of nitrogens with zero attached hydrogens (tertiary/aromatic N) is 1. The lowest BCUT2D eigenvalue weighted by molar-refractivity contribution is -0.117. The molecule has 44 heavy (non-hydrogen) atoms. The highest BCUT2D eigenvalue weighted by molar-refractivity contribution is 5.99. The molecule has 2 fully saturated rings. The van der Waals surface area contributed by atoms with Crippen LogP contribution in [0.2, 0.25) is 0 Å². The lowest BCUT2D eigenvalue weighted by Crippen LogP contribution is -2.51. The van der Waals surface area contributed by atoms with Gasteiger partial charge in [0.1, 0.15) is 17.2 Å². The summed E-state index contributed by atoms with van der Waals surface area (Å²) in [6, 6.07) is 19.3. The van der Waals surface area contributed by atoms with Crippen LogP contribution in [0.15, 0.2) is 66.7 Å². The summed E-state index contributed by atoms with van der Waals surface area (Å²) in [7, 11) is 0. The average molecular weight is 602 g/mol. The van der Waals surface area contributed by atoms with Crippen LogP contribution in [0.4, 0.5) is 10.1 Å². The molecule has 2 amide bonds. The lowest BCUT2D eigenvalue weighted by Gasteiger charge is -2.40. The van der Waals surface area contributed by atoms with E-state index in [0.29, 0.717) is 45.4 Å². The molecule has 3 aromatic rings. The van der Waals surface area contributed by atoms with E-state index in [-0.39, 0.29) is 29.7 Å². The summed E-state index contributed by atoms with van der Waals surface area (Å²) in [4.78, 5) is 27.2. The molecule has 2 saturated heterocycles. The third-order valence-electron chi connectivity index (χ3n) is 9.05. The maximum absolute atomic E-state index is 14.7. The number of aryl methyl sites for hydroxylation is 1. The molecule has 0 saturated carbocycles. The van der Waals surface area contributed by atoms with Crippen molar-refractivity contribution in [3.8, 4) is 5.75 Å². The largest absolute Gasteiger partial charge is 0.484 e. The first kappa shape index (κ1) is 30.2. The molecule has 232 valence electrons. The van der Waals surface area contributed by atoms with Gasteiger partial charge in [0.2, 0.25) is 5.91 Å². The SMILES string of the molecule is CCc1ccc2c(c1)[C@@H](NC[C@@H](O)[C@H](Cc1ccccc1)NC(=O)c1ccc(F)c(N3CCCC3=O)c1)C[C@]1(CCOC1)O2. The van der Waals surface area contributed by atoms with Crippen molar-refractivity contribution in [2.24, 2.45) is 0 Å². The van der Waals surface area contributed by atoms with E-state index in [1.54, 1.807) is 0 Å². The zero-order valence-corrected chi connectivity index (χ0v) is 25.1. The number of aliphatic hydroxyl groups is 1.